The molecule has 1 amide bonds. The standard InChI is InChI=1S/C19H20N2O4S/c1-12(18(22)20-11-13-4-6-14(24-3)7-5-13)25-19(23)16-10-17-15(21(16)2)8-9-26-17/h4-10,12H,11H2,1-3H3,(H,20,22)/t12-/m1/s1. The van der Waals surface area contributed by atoms with Gasteiger partial charge in [-0.05, 0) is 42.1 Å². The molecule has 7 heteroatoms. The lowest BCUT2D eigenvalue weighted by Crippen LogP contribution is -2.35. The van der Waals surface area contributed by atoms with Crippen LogP contribution in [0.4, 0.5) is 0 Å². The Morgan fingerprint density at radius 1 is 1.23 bits per heavy atom. The Balaban J connectivity index is 1.56. The SMILES string of the molecule is COc1ccc(CNC(=O)[C@@H](C)OC(=O)c2cc3sccc3n2C)cc1. The summed E-state index contributed by atoms with van der Waals surface area (Å²) >= 11 is 1.56. The highest BCUT2D eigenvalue weighted by Gasteiger charge is 2.21. The number of nitrogens with one attached hydrogen (secondary N) is 1. The molecular formula is C19H20N2O4S. The summed E-state index contributed by atoms with van der Waals surface area (Å²) < 4.78 is 13.2. The molecule has 0 bridgehead atoms. The number of fused-ring (bicyclic) bond motifs is 1. The lowest BCUT2D eigenvalue weighted by molar-refractivity contribution is -0.129. The fraction of sp³-hybridized carbons (Fsp3) is 0.263. The Bertz CT molecular complexity index is 927. The minimum Gasteiger partial charge on any atom is -0.497 e. The molecule has 1 atom stereocenters. The van der Waals surface area contributed by atoms with Gasteiger partial charge < -0.3 is 19.4 Å². The predicted molar refractivity (Wildman–Crippen MR) is 101 cm³/mol. The van der Waals surface area contributed by atoms with Gasteiger partial charge in [0.25, 0.3) is 5.91 Å². The molecule has 3 aromatic rings. The fourth-order valence-corrected chi connectivity index (χ4v) is 3.45. The van der Waals surface area contributed by atoms with Crippen LogP contribution in [0.25, 0.3) is 10.2 Å². The van der Waals surface area contributed by atoms with Crippen LogP contribution in [0.2, 0.25) is 0 Å². The smallest absolute Gasteiger partial charge is 0.355 e. The van der Waals surface area contributed by atoms with Crippen molar-refractivity contribution in [2.45, 2.75) is 19.6 Å². The zero-order chi connectivity index (χ0) is 18.7. The van der Waals surface area contributed by atoms with E-state index in [2.05, 4.69) is 5.32 Å². The molecule has 0 radical (unpaired) electrons. The van der Waals surface area contributed by atoms with Crippen LogP contribution in [0.15, 0.2) is 41.8 Å². The molecule has 0 aliphatic carbocycles. The number of ether oxygens (including phenoxy) is 2. The highest BCUT2D eigenvalue weighted by Crippen LogP contribution is 2.24. The number of methoxy groups -OCH3 is 1. The summed E-state index contributed by atoms with van der Waals surface area (Å²) in [7, 11) is 3.41. The lowest BCUT2D eigenvalue weighted by atomic mass is 10.2. The van der Waals surface area contributed by atoms with E-state index in [1.54, 1.807) is 43.1 Å². The second-order valence-electron chi connectivity index (χ2n) is 5.87. The minimum atomic E-state index is -0.881. The van der Waals surface area contributed by atoms with Crippen molar-refractivity contribution < 1.29 is 19.1 Å². The normalized spacial score (nSPS) is 12.0. The van der Waals surface area contributed by atoms with E-state index < -0.39 is 12.1 Å². The monoisotopic (exact) mass is 372 g/mol. The Labute approximate surface area is 155 Å². The number of hydrogen-bond acceptors (Lipinski definition) is 5. The topological polar surface area (TPSA) is 69.6 Å². The number of aryl methyl sites for hydroxylation is 1. The number of benzene rings is 1. The third-order valence-electron chi connectivity index (χ3n) is 4.15. The summed E-state index contributed by atoms with van der Waals surface area (Å²) in [4.78, 5) is 24.6. The van der Waals surface area contributed by atoms with Gasteiger partial charge in [0, 0.05) is 13.6 Å². The summed E-state index contributed by atoms with van der Waals surface area (Å²) in [5.74, 6) is -0.0990. The molecule has 0 aliphatic heterocycles. The van der Waals surface area contributed by atoms with Crippen molar-refractivity contribution in [3.63, 3.8) is 0 Å². The van der Waals surface area contributed by atoms with Crippen molar-refractivity contribution >= 4 is 33.4 Å². The summed E-state index contributed by atoms with van der Waals surface area (Å²) in [6, 6.07) is 11.1. The number of hydrogen-bond donors (Lipinski definition) is 1. The molecule has 0 saturated carbocycles. The maximum absolute atomic E-state index is 12.4. The first-order chi connectivity index (χ1) is 12.5. The average molecular weight is 372 g/mol. The van der Waals surface area contributed by atoms with Crippen molar-refractivity contribution in [3.05, 3.63) is 53.0 Å². The van der Waals surface area contributed by atoms with Crippen molar-refractivity contribution in [1.82, 2.24) is 9.88 Å². The molecule has 0 fully saturated rings. The van der Waals surface area contributed by atoms with Gasteiger partial charge in [-0.1, -0.05) is 12.1 Å². The molecule has 2 aromatic heterocycles. The van der Waals surface area contributed by atoms with Crippen LogP contribution in [-0.4, -0.2) is 29.7 Å². The van der Waals surface area contributed by atoms with Crippen molar-refractivity contribution in [3.8, 4) is 5.75 Å². The third kappa shape index (κ3) is 3.72. The maximum atomic E-state index is 12.4. The fourth-order valence-electron chi connectivity index (χ4n) is 2.60. The molecule has 0 unspecified atom stereocenters. The molecule has 0 saturated heterocycles. The van der Waals surface area contributed by atoms with Gasteiger partial charge in [0.15, 0.2) is 6.10 Å². The first-order valence-electron chi connectivity index (χ1n) is 8.14. The zero-order valence-corrected chi connectivity index (χ0v) is 15.6. The van der Waals surface area contributed by atoms with Gasteiger partial charge >= 0.3 is 5.97 Å². The van der Waals surface area contributed by atoms with Gasteiger partial charge in [0.1, 0.15) is 11.4 Å². The first kappa shape index (κ1) is 18.0. The van der Waals surface area contributed by atoms with Gasteiger partial charge in [-0.3, -0.25) is 4.79 Å². The quantitative estimate of drug-likeness (QED) is 0.675. The van der Waals surface area contributed by atoms with Crippen LogP contribution >= 0.6 is 11.3 Å². The lowest BCUT2D eigenvalue weighted by Gasteiger charge is -2.14. The van der Waals surface area contributed by atoms with E-state index in [4.69, 9.17) is 9.47 Å². The Hall–Kier alpha value is -2.80. The van der Waals surface area contributed by atoms with Gasteiger partial charge in [-0.15, -0.1) is 11.3 Å². The van der Waals surface area contributed by atoms with Crippen molar-refractivity contribution in [2.75, 3.05) is 7.11 Å². The number of aromatic nitrogens is 1. The van der Waals surface area contributed by atoms with Crippen LogP contribution < -0.4 is 10.1 Å². The van der Waals surface area contributed by atoms with E-state index in [1.807, 2.05) is 35.7 Å². The Kier molecular flexibility index (Phi) is 5.27. The second-order valence-corrected chi connectivity index (χ2v) is 6.82. The van der Waals surface area contributed by atoms with Crippen molar-refractivity contribution in [2.24, 2.45) is 7.05 Å². The van der Waals surface area contributed by atoms with E-state index in [0.29, 0.717) is 12.2 Å². The molecule has 0 aliphatic rings. The van der Waals surface area contributed by atoms with Crippen LogP contribution in [-0.2, 0) is 23.1 Å². The highest BCUT2D eigenvalue weighted by atomic mass is 32.1. The minimum absolute atomic E-state index is 0.342. The third-order valence-corrected chi connectivity index (χ3v) is 5.00. The molecule has 6 nitrogen and oxygen atoms in total. The Morgan fingerprint density at radius 3 is 2.62 bits per heavy atom. The summed E-state index contributed by atoms with van der Waals surface area (Å²) in [5, 5.41) is 4.73. The average Bonchev–Trinajstić information content (AvgIpc) is 3.23. The Morgan fingerprint density at radius 2 is 1.96 bits per heavy atom. The van der Waals surface area contributed by atoms with E-state index in [0.717, 1.165) is 21.5 Å². The van der Waals surface area contributed by atoms with Crippen LogP contribution in [0.3, 0.4) is 0 Å². The summed E-state index contributed by atoms with van der Waals surface area (Å²) in [6.45, 7) is 1.91. The molecule has 2 heterocycles. The summed E-state index contributed by atoms with van der Waals surface area (Å²) in [6.07, 6.45) is -0.881. The first-order valence-corrected chi connectivity index (χ1v) is 9.02. The van der Waals surface area contributed by atoms with Gasteiger partial charge in [-0.2, -0.15) is 0 Å². The number of nitrogens with zero attached hydrogens (tertiary/aromatic N) is 1. The molecule has 1 aromatic carbocycles. The van der Waals surface area contributed by atoms with Gasteiger partial charge in [0.2, 0.25) is 0 Å². The number of carbonyl (C=O) groups is 2. The number of thiophene rings is 1. The van der Waals surface area contributed by atoms with E-state index >= 15 is 0 Å². The number of rotatable bonds is 6. The van der Waals surface area contributed by atoms with Crippen LogP contribution in [0.5, 0.6) is 5.75 Å². The predicted octanol–water partition coefficient (Wildman–Crippen LogP) is 3.11. The van der Waals surface area contributed by atoms with Crippen molar-refractivity contribution in [1.29, 1.82) is 0 Å². The maximum Gasteiger partial charge on any atom is 0.355 e. The molecule has 0 spiro atoms. The zero-order valence-electron chi connectivity index (χ0n) is 14.8. The largest absolute Gasteiger partial charge is 0.497 e. The molecule has 26 heavy (non-hydrogen) atoms. The van der Waals surface area contributed by atoms with E-state index in [1.165, 1.54) is 0 Å². The van der Waals surface area contributed by atoms with Gasteiger partial charge in [0.05, 0.1) is 17.3 Å². The molecule has 3 rings (SSSR count). The molecule has 136 valence electrons. The second kappa shape index (κ2) is 7.61. The molecular weight excluding hydrogens is 352 g/mol. The van der Waals surface area contributed by atoms with Gasteiger partial charge in [-0.25, -0.2) is 4.79 Å². The van der Waals surface area contributed by atoms with Crippen LogP contribution in [0.1, 0.15) is 23.0 Å². The number of amides is 1. The van der Waals surface area contributed by atoms with E-state index in [-0.39, 0.29) is 5.91 Å². The number of esters is 1. The highest BCUT2D eigenvalue weighted by molar-refractivity contribution is 7.17. The van der Waals surface area contributed by atoms with E-state index in [9.17, 15) is 9.59 Å². The molecule has 1 N–H and O–H groups in total. The van der Waals surface area contributed by atoms with Crippen LogP contribution in [0, 0.1) is 0 Å². The number of carbonyl (C=O) groups excluding carboxylic acids is 2. The summed E-state index contributed by atoms with van der Waals surface area (Å²) in [5.41, 5.74) is 2.33.